The molecule has 0 aliphatic carbocycles. The van der Waals surface area contributed by atoms with Crippen LogP contribution in [0.15, 0.2) is 60.7 Å². The van der Waals surface area contributed by atoms with Crippen molar-refractivity contribution in [3.05, 3.63) is 71.8 Å². The van der Waals surface area contributed by atoms with E-state index in [-0.39, 0.29) is 11.8 Å². The second-order valence-corrected chi connectivity index (χ2v) is 4.93. The molecule has 0 radical (unpaired) electrons. The highest BCUT2D eigenvalue weighted by Gasteiger charge is 2.17. The molecule has 23 heavy (non-hydrogen) atoms. The number of ether oxygens (including phenoxy) is 1. The molecule has 0 amide bonds. The number of allylic oxidation sites excluding steroid dienone is 5. The smallest absolute Gasteiger partial charge is 0.323 e. The molecule has 1 aromatic carbocycles. The van der Waals surface area contributed by atoms with Gasteiger partial charge in [0.2, 0.25) is 0 Å². The summed E-state index contributed by atoms with van der Waals surface area (Å²) in [6.45, 7) is 5.42. The number of rotatable bonds is 8. The number of nitrogens with one attached hydrogen (secondary N) is 1. The molecule has 1 atom stereocenters. The van der Waals surface area contributed by atoms with Crippen LogP contribution in [0.2, 0.25) is 0 Å². The predicted octanol–water partition coefficient (Wildman–Crippen LogP) is 2.86. The zero-order chi connectivity index (χ0) is 17.2. The number of esters is 1. The molecule has 0 saturated heterocycles. The second-order valence-electron chi connectivity index (χ2n) is 4.93. The van der Waals surface area contributed by atoms with Crippen LogP contribution in [0.4, 0.5) is 0 Å². The maximum absolute atomic E-state index is 12.4. The summed E-state index contributed by atoms with van der Waals surface area (Å²) in [5.41, 5.74) is 2.17. The minimum atomic E-state index is -0.400. The maximum Gasteiger partial charge on any atom is 0.323 e. The highest BCUT2D eigenvalue weighted by atomic mass is 16.5. The predicted molar refractivity (Wildman–Crippen MR) is 92.4 cm³/mol. The summed E-state index contributed by atoms with van der Waals surface area (Å²) in [5.74, 6) is -0.353. The van der Waals surface area contributed by atoms with E-state index in [1.165, 1.54) is 7.11 Å². The Morgan fingerprint density at radius 3 is 2.43 bits per heavy atom. The average molecular weight is 313 g/mol. The van der Waals surface area contributed by atoms with E-state index in [0.29, 0.717) is 17.6 Å². The summed E-state index contributed by atoms with van der Waals surface area (Å²) in [4.78, 5) is 24.0. The molecule has 0 bridgehead atoms. The molecule has 4 nitrogen and oxygen atoms in total. The Kier molecular flexibility index (Phi) is 7.71. The SMILES string of the molecule is C=CC=CC(=CC)C(=O)c1ccc(CC(NC)C(=O)OC)cc1. The van der Waals surface area contributed by atoms with Gasteiger partial charge in [-0.1, -0.05) is 55.1 Å². The zero-order valence-electron chi connectivity index (χ0n) is 13.8. The Morgan fingerprint density at radius 1 is 1.30 bits per heavy atom. The van der Waals surface area contributed by atoms with E-state index in [4.69, 9.17) is 4.74 Å². The molecule has 1 aromatic rings. The van der Waals surface area contributed by atoms with E-state index in [2.05, 4.69) is 11.9 Å². The van der Waals surface area contributed by atoms with Crippen LogP contribution in [0.1, 0.15) is 22.8 Å². The second kappa shape index (κ2) is 9.54. The Morgan fingerprint density at radius 2 is 1.96 bits per heavy atom. The van der Waals surface area contributed by atoms with E-state index in [1.54, 1.807) is 43.5 Å². The third kappa shape index (κ3) is 5.34. The standard InChI is InChI=1S/C19H23NO3/c1-5-7-8-15(6-2)18(21)16-11-9-14(10-12-16)13-17(20-3)19(22)23-4/h5-12,17,20H,1,13H2,2-4H3. The molecule has 1 unspecified atom stereocenters. The lowest BCUT2D eigenvalue weighted by molar-refractivity contribution is -0.142. The van der Waals surface area contributed by atoms with Gasteiger partial charge in [0.1, 0.15) is 6.04 Å². The van der Waals surface area contributed by atoms with Crippen molar-refractivity contribution in [2.45, 2.75) is 19.4 Å². The average Bonchev–Trinajstić information content (AvgIpc) is 2.59. The van der Waals surface area contributed by atoms with Gasteiger partial charge in [-0.05, 0) is 26.0 Å². The lowest BCUT2D eigenvalue weighted by atomic mass is 9.99. The van der Waals surface area contributed by atoms with Crippen LogP contribution in [0.3, 0.4) is 0 Å². The van der Waals surface area contributed by atoms with Crippen LogP contribution in [-0.4, -0.2) is 32.0 Å². The summed E-state index contributed by atoms with van der Waals surface area (Å²) >= 11 is 0. The molecule has 0 aromatic heterocycles. The zero-order valence-corrected chi connectivity index (χ0v) is 13.8. The lowest BCUT2D eigenvalue weighted by Crippen LogP contribution is -2.36. The van der Waals surface area contributed by atoms with Crippen molar-refractivity contribution in [3.8, 4) is 0 Å². The first-order valence-electron chi connectivity index (χ1n) is 7.41. The van der Waals surface area contributed by atoms with E-state index in [1.807, 2.05) is 19.1 Å². The summed E-state index contributed by atoms with van der Waals surface area (Å²) in [5, 5.41) is 2.92. The monoisotopic (exact) mass is 313 g/mol. The fourth-order valence-corrected chi connectivity index (χ4v) is 2.11. The summed E-state index contributed by atoms with van der Waals surface area (Å²) in [6.07, 6.45) is 7.37. The quantitative estimate of drug-likeness (QED) is 0.347. The molecule has 0 saturated carbocycles. The minimum absolute atomic E-state index is 0.0460. The number of methoxy groups -OCH3 is 1. The van der Waals surface area contributed by atoms with Gasteiger partial charge in [0.05, 0.1) is 7.11 Å². The van der Waals surface area contributed by atoms with Gasteiger partial charge in [-0.2, -0.15) is 0 Å². The van der Waals surface area contributed by atoms with Gasteiger partial charge in [-0.3, -0.25) is 9.59 Å². The molecule has 0 aliphatic heterocycles. The molecule has 0 spiro atoms. The maximum atomic E-state index is 12.4. The molecular weight excluding hydrogens is 290 g/mol. The van der Waals surface area contributed by atoms with E-state index >= 15 is 0 Å². The van der Waals surface area contributed by atoms with Crippen molar-refractivity contribution in [2.24, 2.45) is 0 Å². The molecule has 122 valence electrons. The van der Waals surface area contributed by atoms with Crippen LogP contribution in [-0.2, 0) is 16.0 Å². The highest BCUT2D eigenvalue weighted by molar-refractivity contribution is 6.10. The summed E-state index contributed by atoms with van der Waals surface area (Å²) in [7, 11) is 3.08. The topological polar surface area (TPSA) is 55.4 Å². The van der Waals surface area contributed by atoms with Crippen molar-refractivity contribution in [1.29, 1.82) is 0 Å². The number of hydrogen-bond acceptors (Lipinski definition) is 4. The van der Waals surface area contributed by atoms with E-state index < -0.39 is 6.04 Å². The van der Waals surface area contributed by atoms with Crippen LogP contribution >= 0.6 is 0 Å². The Balaban J connectivity index is 2.87. The van der Waals surface area contributed by atoms with Crippen LogP contribution in [0, 0.1) is 0 Å². The molecule has 1 rings (SSSR count). The van der Waals surface area contributed by atoms with Crippen LogP contribution < -0.4 is 5.32 Å². The number of carbonyl (C=O) groups is 2. The van der Waals surface area contributed by atoms with Gasteiger partial charge in [0.15, 0.2) is 5.78 Å². The fourth-order valence-electron chi connectivity index (χ4n) is 2.11. The molecule has 0 fully saturated rings. The van der Waals surface area contributed by atoms with Crippen molar-refractivity contribution < 1.29 is 14.3 Å². The third-order valence-corrected chi connectivity index (χ3v) is 3.48. The van der Waals surface area contributed by atoms with Crippen molar-refractivity contribution in [1.82, 2.24) is 5.32 Å². The van der Waals surface area contributed by atoms with Crippen molar-refractivity contribution >= 4 is 11.8 Å². The van der Waals surface area contributed by atoms with E-state index in [9.17, 15) is 9.59 Å². The summed E-state index contributed by atoms with van der Waals surface area (Å²) < 4.78 is 4.74. The lowest BCUT2D eigenvalue weighted by Gasteiger charge is -2.13. The van der Waals surface area contributed by atoms with Gasteiger partial charge in [0, 0.05) is 11.1 Å². The number of ketones is 1. The fraction of sp³-hybridized carbons (Fsp3) is 0.263. The van der Waals surface area contributed by atoms with Crippen molar-refractivity contribution in [3.63, 3.8) is 0 Å². The van der Waals surface area contributed by atoms with Gasteiger partial charge < -0.3 is 10.1 Å². The number of Topliss-reactive ketones (excluding diaryl/α,β-unsaturated/α-hetero) is 1. The number of carbonyl (C=O) groups excluding carboxylic acids is 2. The largest absolute Gasteiger partial charge is 0.468 e. The van der Waals surface area contributed by atoms with Gasteiger partial charge in [-0.15, -0.1) is 0 Å². The van der Waals surface area contributed by atoms with Crippen molar-refractivity contribution in [2.75, 3.05) is 14.2 Å². The van der Waals surface area contributed by atoms with E-state index in [0.717, 1.165) is 5.56 Å². The Labute approximate surface area is 137 Å². The first-order valence-corrected chi connectivity index (χ1v) is 7.41. The van der Waals surface area contributed by atoms with Gasteiger partial charge >= 0.3 is 5.97 Å². The number of hydrogen-bond donors (Lipinski definition) is 1. The van der Waals surface area contributed by atoms with Gasteiger partial charge in [-0.25, -0.2) is 0 Å². The first-order chi connectivity index (χ1) is 11.1. The number of likely N-dealkylation sites (N-methyl/N-ethyl adjacent to an activating group) is 1. The van der Waals surface area contributed by atoms with Crippen LogP contribution in [0.25, 0.3) is 0 Å². The normalized spacial score (nSPS) is 12.9. The summed E-state index contributed by atoms with van der Waals surface area (Å²) in [6, 6.07) is 6.85. The van der Waals surface area contributed by atoms with Gasteiger partial charge in [0.25, 0.3) is 0 Å². The Hall–Kier alpha value is -2.46. The molecule has 0 heterocycles. The van der Waals surface area contributed by atoms with Crippen LogP contribution in [0.5, 0.6) is 0 Å². The molecule has 0 aliphatic rings. The third-order valence-electron chi connectivity index (χ3n) is 3.48. The minimum Gasteiger partial charge on any atom is -0.468 e. The Bertz CT molecular complexity index is 612. The highest BCUT2D eigenvalue weighted by Crippen LogP contribution is 2.13. The molecule has 4 heteroatoms. The number of benzene rings is 1. The first kappa shape index (κ1) is 18.6. The molecule has 1 N–H and O–H groups in total. The molecular formula is C19H23NO3.